The zero-order valence-electron chi connectivity index (χ0n) is 19.0. The Bertz CT molecular complexity index is 610. The van der Waals surface area contributed by atoms with Crippen molar-refractivity contribution in [3.63, 3.8) is 0 Å². The van der Waals surface area contributed by atoms with Crippen LogP contribution in [0.5, 0.6) is 0 Å². The van der Waals surface area contributed by atoms with Gasteiger partial charge in [-0.2, -0.15) is 16.8 Å². The molecule has 1 fully saturated rings. The van der Waals surface area contributed by atoms with Gasteiger partial charge in [0.05, 0.1) is 11.0 Å². The van der Waals surface area contributed by atoms with Crippen molar-refractivity contribution >= 4 is 20.2 Å². The average molecular weight is 469 g/mol. The molecule has 0 bridgehead atoms. The molecule has 1 saturated carbocycles. The van der Waals surface area contributed by atoms with Crippen LogP contribution in [0.1, 0.15) is 129 Å². The summed E-state index contributed by atoms with van der Waals surface area (Å²) in [5.41, 5.74) is 0. The second kappa shape index (κ2) is 16.5. The predicted octanol–water partition coefficient (Wildman–Crippen LogP) is 6.41. The molecule has 0 amide bonds. The number of hydrogen-bond acceptors (Lipinski definition) is 6. The second-order valence-electron chi connectivity index (χ2n) is 8.75. The molecule has 180 valence electrons. The fourth-order valence-electron chi connectivity index (χ4n) is 4.00. The highest BCUT2D eigenvalue weighted by molar-refractivity contribution is 7.89. The molecule has 0 N–H and O–H groups in total. The van der Waals surface area contributed by atoms with Gasteiger partial charge < -0.3 is 0 Å². The van der Waals surface area contributed by atoms with Crippen LogP contribution >= 0.6 is 0 Å². The zero-order valence-corrected chi connectivity index (χ0v) is 20.6. The first kappa shape index (κ1) is 27.9. The topological polar surface area (TPSA) is 86.7 Å². The maximum Gasteiger partial charge on any atom is 0.297 e. The van der Waals surface area contributed by atoms with Gasteiger partial charge in [0.2, 0.25) is 0 Å². The minimum atomic E-state index is -3.98. The van der Waals surface area contributed by atoms with Gasteiger partial charge in [0.25, 0.3) is 20.2 Å². The lowest BCUT2D eigenvalue weighted by atomic mass is 10.0. The number of hydrogen-bond donors (Lipinski definition) is 0. The molecule has 0 radical (unpaired) electrons. The van der Waals surface area contributed by atoms with Crippen molar-refractivity contribution in [2.45, 2.75) is 134 Å². The molecule has 30 heavy (non-hydrogen) atoms. The third-order valence-electron chi connectivity index (χ3n) is 5.93. The maximum atomic E-state index is 12.0. The van der Waals surface area contributed by atoms with E-state index < -0.39 is 25.5 Å². The molecule has 0 saturated heterocycles. The molecular weight excluding hydrogens is 424 g/mol. The molecule has 1 aliphatic carbocycles. The summed E-state index contributed by atoms with van der Waals surface area (Å²) >= 11 is 0. The van der Waals surface area contributed by atoms with E-state index in [9.17, 15) is 16.8 Å². The lowest BCUT2D eigenvalue weighted by Gasteiger charge is -2.19. The summed E-state index contributed by atoms with van der Waals surface area (Å²) in [5.74, 6) is -0.203. The summed E-state index contributed by atoms with van der Waals surface area (Å²) in [4.78, 5) is 0. The van der Waals surface area contributed by atoms with Gasteiger partial charge in [-0.25, -0.2) is 0 Å². The van der Waals surface area contributed by atoms with Crippen LogP contribution < -0.4 is 0 Å². The number of rotatable bonds is 19. The average Bonchev–Trinajstić information content (AvgIpc) is 2.73. The molecule has 0 atom stereocenters. The van der Waals surface area contributed by atoms with E-state index in [1.54, 1.807) is 0 Å². The summed E-state index contributed by atoms with van der Waals surface area (Å²) < 4.78 is 56.5. The third kappa shape index (κ3) is 14.0. The van der Waals surface area contributed by atoms with Crippen LogP contribution in [-0.4, -0.2) is 27.8 Å². The van der Waals surface area contributed by atoms with E-state index in [2.05, 4.69) is 15.6 Å². The van der Waals surface area contributed by atoms with Crippen molar-refractivity contribution < 1.29 is 25.5 Å². The van der Waals surface area contributed by atoms with Crippen molar-refractivity contribution in [2.24, 2.45) is 0 Å². The van der Waals surface area contributed by atoms with E-state index in [4.69, 9.17) is 0 Å². The smallest absolute Gasteiger partial charge is 0.197 e. The first-order chi connectivity index (χ1) is 14.4. The van der Waals surface area contributed by atoms with Gasteiger partial charge in [-0.1, -0.05) is 118 Å². The summed E-state index contributed by atoms with van der Waals surface area (Å²) in [6, 6.07) is 0. The van der Waals surface area contributed by atoms with Gasteiger partial charge in [-0.15, -0.1) is 0 Å². The van der Waals surface area contributed by atoms with E-state index in [-0.39, 0.29) is 5.75 Å². The third-order valence-corrected chi connectivity index (χ3v) is 8.63. The molecule has 0 aromatic carbocycles. The Morgan fingerprint density at radius 1 is 0.600 bits per heavy atom. The lowest BCUT2D eigenvalue weighted by Crippen LogP contribution is -2.27. The monoisotopic (exact) mass is 468 g/mol. The molecule has 1 rings (SSSR count). The quantitative estimate of drug-likeness (QED) is 0.124. The van der Waals surface area contributed by atoms with Gasteiger partial charge in [-0.05, 0) is 19.3 Å². The van der Waals surface area contributed by atoms with Crippen molar-refractivity contribution in [1.82, 2.24) is 0 Å². The van der Waals surface area contributed by atoms with Crippen molar-refractivity contribution in [2.75, 3.05) is 5.75 Å². The van der Waals surface area contributed by atoms with Crippen LogP contribution in [0.25, 0.3) is 0 Å². The Hall–Kier alpha value is -0.180. The zero-order chi connectivity index (χ0) is 22.1. The Morgan fingerprint density at radius 3 is 1.50 bits per heavy atom. The number of unbranched alkanes of at least 4 members (excludes halogenated alkanes) is 13. The molecule has 0 spiro atoms. The minimum absolute atomic E-state index is 0.203. The Kier molecular flexibility index (Phi) is 15.3. The summed E-state index contributed by atoms with van der Waals surface area (Å²) in [5, 5.41) is -0.650. The second-order valence-corrected chi connectivity index (χ2v) is 12.2. The van der Waals surface area contributed by atoms with Crippen LogP contribution in [0, 0.1) is 0 Å². The van der Waals surface area contributed by atoms with E-state index in [0.29, 0.717) is 19.3 Å². The summed E-state index contributed by atoms with van der Waals surface area (Å²) in [6.45, 7) is 2.24. The Balaban J connectivity index is 1.97. The molecule has 0 aromatic rings. The highest BCUT2D eigenvalue weighted by Gasteiger charge is 2.31. The van der Waals surface area contributed by atoms with Gasteiger partial charge >= 0.3 is 0 Å². The van der Waals surface area contributed by atoms with E-state index in [0.717, 1.165) is 38.5 Å². The van der Waals surface area contributed by atoms with Crippen LogP contribution in [0.2, 0.25) is 0 Å². The molecule has 6 nitrogen and oxygen atoms in total. The first-order valence-electron chi connectivity index (χ1n) is 12.2. The normalized spacial score (nSPS) is 16.2. The Labute approximate surface area is 185 Å². The van der Waals surface area contributed by atoms with Crippen LogP contribution in [0.3, 0.4) is 0 Å². The van der Waals surface area contributed by atoms with Crippen molar-refractivity contribution in [1.29, 1.82) is 0 Å². The van der Waals surface area contributed by atoms with E-state index in [1.807, 2.05) is 0 Å². The fraction of sp³-hybridized carbons (Fsp3) is 1.00. The van der Waals surface area contributed by atoms with Crippen LogP contribution in [-0.2, 0) is 28.9 Å². The van der Waals surface area contributed by atoms with Crippen LogP contribution in [0.4, 0.5) is 0 Å². The van der Waals surface area contributed by atoms with Gasteiger partial charge in [0, 0.05) is 0 Å². The standard InChI is InChI=1S/C22H44O6S2/c1-2-3-4-5-6-7-8-9-10-11-12-13-14-18-21-29(23,24)27-28-30(25,26)22-19-16-15-17-20-22/h22H,2-21H2,1H3. The van der Waals surface area contributed by atoms with Gasteiger partial charge in [0.1, 0.15) is 0 Å². The molecule has 8 heteroatoms. The van der Waals surface area contributed by atoms with Crippen molar-refractivity contribution in [3.05, 3.63) is 0 Å². The van der Waals surface area contributed by atoms with Crippen LogP contribution in [0.15, 0.2) is 0 Å². The highest BCUT2D eigenvalue weighted by atomic mass is 32.2. The first-order valence-corrected chi connectivity index (χ1v) is 15.3. The van der Waals surface area contributed by atoms with E-state index in [1.165, 1.54) is 64.2 Å². The largest absolute Gasteiger partial charge is 0.297 e. The predicted molar refractivity (Wildman–Crippen MR) is 122 cm³/mol. The maximum absolute atomic E-state index is 12.0. The van der Waals surface area contributed by atoms with Crippen molar-refractivity contribution in [3.8, 4) is 0 Å². The summed E-state index contributed by atoms with van der Waals surface area (Å²) in [7, 11) is -7.95. The van der Waals surface area contributed by atoms with E-state index >= 15 is 0 Å². The van der Waals surface area contributed by atoms with Gasteiger partial charge in [-0.3, -0.25) is 0 Å². The molecule has 0 unspecified atom stereocenters. The molecule has 0 aromatic heterocycles. The molecule has 0 aliphatic heterocycles. The summed E-state index contributed by atoms with van der Waals surface area (Å²) in [6.07, 6.45) is 20.2. The lowest BCUT2D eigenvalue weighted by molar-refractivity contribution is -0.0867. The fourth-order valence-corrected chi connectivity index (χ4v) is 6.29. The highest BCUT2D eigenvalue weighted by Crippen LogP contribution is 2.25. The molecule has 1 aliphatic rings. The molecule has 0 heterocycles. The molecular formula is C22H44O6S2. The SMILES string of the molecule is CCCCCCCCCCCCCCCCS(=O)(=O)OOS(=O)(=O)C1CCCCC1. The minimum Gasteiger partial charge on any atom is -0.197 e. The van der Waals surface area contributed by atoms with Gasteiger partial charge in [0.15, 0.2) is 0 Å². The Morgan fingerprint density at radius 2 is 1.03 bits per heavy atom.